The fourth-order valence-corrected chi connectivity index (χ4v) is 2.19. The van der Waals surface area contributed by atoms with Gasteiger partial charge >= 0.3 is 0 Å². The molecule has 0 unspecified atom stereocenters. The van der Waals surface area contributed by atoms with Gasteiger partial charge in [0.25, 0.3) is 0 Å². The van der Waals surface area contributed by atoms with E-state index < -0.39 is 0 Å². The maximum absolute atomic E-state index is 6.31. The van der Waals surface area contributed by atoms with E-state index in [1.165, 1.54) is 0 Å². The Bertz CT molecular complexity index is 604. The maximum Gasteiger partial charge on any atom is 0.139 e. The molecule has 0 amide bonds. The summed E-state index contributed by atoms with van der Waals surface area (Å²) in [5.74, 6) is 1.98. The Morgan fingerprint density at radius 3 is 2.55 bits per heavy atom. The monoisotopic (exact) mass is 296 g/mol. The van der Waals surface area contributed by atoms with E-state index in [1.807, 2.05) is 12.1 Å². The van der Waals surface area contributed by atoms with E-state index in [0.29, 0.717) is 41.0 Å². The van der Waals surface area contributed by atoms with Gasteiger partial charge < -0.3 is 19.5 Å². The average Bonchev–Trinajstić information content (AvgIpc) is 2.47. The van der Waals surface area contributed by atoms with Gasteiger partial charge in [-0.1, -0.05) is 11.6 Å². The van der Waals surface area contributed by atoms with Crippen LogP contribution in [-0.4, -0.2) is 39.5 Å². The number of benzene rings is 1. The molecule has 108 valence electrons. The minimum Gasteiger partial charge on any atom is -0.496 e. The van der Waals surface area contributed by atoms with Gasteiger partial charge in [-0.15, -0.1) is 0 Å². The van der Waals surface area contributed by atoms with Gasteiger partial charge in [-0.2, -0.15) is 0 Å². The summed E-state index contributed by atoms with van der Waals surface area (Å²) in [6.07, 6.45) is 0. The number of aromatic nitrogens is 1. The zero-order chi connectivity index (χ0) is 14.5. The summed E-state index contributed by atoms with van der Waals surface area (Å²) < 4.78 is 15.6. The normalized spacial score (nSPS) is 10.6. The fraction of sp³-hybridized carbons (Fsp3) is 0.357. The molecule has 0 aliphatic rings. The molecule has 0 fully saturated rings. The molecule has 0 spiro atoms. The van der Waals surface area contributed by atoms with Gasteiger partial charge in [0.2, 0.25) is 0 Å². The Morgan fingerprint density at radius 2 is 1.90 bits per heavy atom. The van der Waals surface area contributed by atoms with E-state index in [-0.39, 0.29) is 0 Å². The Hall–Kier alpha value is -1.72. The third kappa shape index (κ3) is 2.89. The smallest absolute Gasteiger partial charge is 0.139 e. The molecule has 5 nitrogen and oxygen atoms in total. The summed E-state index contributed by atoms with van der Waals surface area (Å²) in [6, 6.07) is 5.51. The van der Waals surface area contributed by atoms with Crippen LogP contribution in [0.5, 0.6) is 11.5 Å². The van der Waals surface area contributed by atoms with Crippen molar-refractivity contribution >= 4 is 28.3 Å². The van der Waals surface area contributed by atoms with Gasteiger partial charge in [0, 0.05) is 25.1 Å². The highest BCUT2D eigenvalue weighted by Crippen LogP contribution is 2.36. The molecule has 0 saturated heterocycles. The third-order valence-corrected chi connectivity index (χ3v) is 3.26. The lowest BCUT2D eigenvalue weighted by atomic mass is 10.2. The van der Waals surface area contributed by atoms with Crippen molar-refractivity contribution in [1.29, 1.82) is 0 Å². The van der Waals surface area contributed by atoms with Crippen LogP contribution >= 0.6 is 11.6 Å². The Morgan fingerprint density at radius 1 is 1.15 bits per heavy atom. The molecule has 0 saturated carbocycles. The SMILES string of the molecule is COCCNc1cc(OC)c2ccc(OC)c(Cl)c2n1. The first kappa shape index (κ1) is 14.7. The van der Waals surface area contributed by atoms with Crippen LogP contribution in [0.25, 0.3) is 10.9 Å². The van der Waals surface area contributed by atoms with E-state index in [0.717, 1.165) is 5.39 Å². The molecule has 1 N–H and O–H groups in total. The molecule has 20 heavy (non-hydrogen) atoms. The third-order valence-electron chi connectivity index (χ3n) is 2.90. The van der Waals surface area contributed by atoms with E-state index in [9.17, 15) is 0 Å². The van der Waals surface area contributed by atoms with Gasteiger partial charge in [-0.3, -0.25) is 0 Å². The quantitative estimate of drug-likeness (QED) is 0.831. The number of pyridine rings is 1. The van der Waals surface area contributed by atoms with Gasteiger partial charge in [0.05, 0.1) is 26.3 Å². The first-order valence-electron chi connectivity index (χ1n) is 6.15. The number of anilines is 1. The highest BCUT2D eigenvalue weighted by molar-refractivity contribution is 6.36. The van der Waals surface area contributed by atoms with E-state index in [4.69, 9.17) is 25.8 Å². The summed E-state index contributed by atoms with van der Waals surface area (Å²) in [5.41, 5.74) is 0.644. The van der Waals surface area contributed by atoms with Gasteiger partial charge in [0.15, 0.2) is 0 Å². The number of nitrogens with one attached hydrogen (secondary N) is 1. The Kier molecular flexibility index (Phi) is 4.87. The summed E-state index contributed by atoms with van der Waals surface area (Å²) in [6.45, 7) is 1.24. The van der Waals surface area contributed by atoms with Crippen molar-refractivity contribution in [3.8, 4) is 11.5 Å². The number of ether oxygens (including phenoxy) is 3. The van der Waals surface area contributed by atoms with Gasteiger partial charge in [-0.05, 0) is 12.1 Å². The van der Waals surface area contributed by atoms with Crippen LogP contribution in [0.3, 0.4) is 0 Å². The van der Waals surface area contributed by atoms with Crippen molar-refractivity contribution in [3.63, 3.8) is 0 Å². The number of rotatable bonds is 6. The van der Waals surface area contributed by atoms with Crippen LogP contribution in [-0.2, 0) is 4.74 Å². The molecule has 0 aliphatic carbocycles. The molecular weight excluding hydrogens is 280 g/mol. The van der Waals surface area contributed by atoms with Crippen molar-refractivity contribution in [2.75, 3.05) is 39.8 Å². The molecule has 1 aromatic heterocycles. The van der Waals surface area contributed by atoms with Crippen LogP contribution in [0.2, 0.25) is 5.02 Å². The Balaban J connectivity index is 2.49. The second-order valence-electron chi connectivity index (χ2n) is 4.11. The number of halogens is 1. The molecular formula is C14H17ClN2O3. The summed E-state index contributed by atoms with van der Waals surface area (Å²) in [5, 5.41) is 4.48. The minimum absolute atomic E-state index is 0.471. The molecule has 2 rings (SSSR count). The number of methoxy groups -OCH3 is 3. The largest absolute Gasteiger partial charge is 0.496 e. The van der Waals surface area contributed by atoms with Crippen molar-refractivity contribution in [2.45, 2.75) is 0 Å². The molecule has 0 aliphatic heterocycles. The fourth-order valence-electron chi connectivity index (χ4n) is 1.91. The number of nitrogens with zero attached hydrogens (tertiary/aromatic N) is 1. The molecule has 2 aromatic rings. The maximum atomic E-state index is 6.31. The van der Waals surface area contributed by atoms with Crippen LogP contribution in [0.1, 0.15) is 0 Å². The van der Waals surface area contributed by atoms with E-state index in [1.54, 1.807) is 27.4 Å². The zero-order valence-corrected chi connectivity index (χ0v) is 12.5. The van der Waals surface area contributed by atoms with Crippen LogP contribution in [0.4, 0.5) is 5.82 Å². The highest BCUT2D eigenvalue weighted by atomic mass is 35.5. The second kappa shape index (κ2) is 6.63. The average molecular weight is 297 g/mol. The van der Waals surface area contributed by atoms with Gasteiger partial charge in [0.1, 0.15) is 22.3 Å². The predicted octanol–water partition coefficient (Wildman–Crippen LogP) is 2.96. The van der Waals surface area contributed by atoms with Crippen LogP contribution in [0, 0.1) is 0 Å². The van der Waals surface area contributed by atoms with Crippen molar-refractivity contribution in [1.82, 2.24) is 4.98 Å². The number of hydrogen-bond acceptors (Lipinski definition) is 5. The lowest BCUT2D eigenvalue weighted by molar-refractivity contribution is 0.210. The predicted molar refractivity (Wildman–Crippen MR) is 80.2 cm³/mol. The molecule has 0 bridgehead atoms. The summed E-state index contributed by atoms with van der Waals surface area (Å²) in [7, 11) is 4.84. The van der Waals surface area contributed by atoms with E-state index in [2.05, 4.69) is 10.3 Å². The van der Waals surface area contributed by atoms with Crippen molar-refractivity contribution < 1.29 is 14.2 Å². The standard InChI is InChI=1S/C14H17ClN2O3/c1-18-7-6-16-12-8-11(20-3)9-4-5-10(19-2)13(15)14(9)17-12/h4-5,8H,6-7H2,1-3H3,(H,16,17). The molecule has 1 aromatic carbocycles. The van der Waals surface area contributed by atoms with Crippen molar-refractivity contribution in [2.24, 2.45) is 0 Å². The minimum atomic E-state index is 0.471. The zero-order valence-electron chi connectivity index (χ0n) is 11.7. The molecule has 1 heterocycles. The summed E-state index contributed by atoms with van der Waals surface area (Å²) >= 11 is 6.31. The van der Waals surface area contributed by atoms with Crippen LogP contribution < -0.4 is 14.8 Å². The molecule has 0 atom stereocenters. The topological polar surface area (TPSA) is 52.6 Å². The first-order valence-corrected chi connectivity index (χ1v) is 6.53. The van der Waals surface area contributed by atoms with Crippen LogP contribution in [0.15, 0.2) is 18.2 Å². The molecule has 6 heteroatoms. The van der Waals surface area contributed by atoms with E-state index >= 15 is 0 Å². The lowest BCUT2D eigenvalue weighted by Gasteiger charge is -2.12. The summed E-state index contributed by atoms with van der Waals surface area (Å²) in [4.78, 5) is 4.51. The highest BCUT2D eigenvalue weighted by Gasteiger charge is 2.12. The Labute approximate surface area is 122 Å². The molecule has 0 radical (unpaired) electrons. The first-order chi connectivity index (χ1) is 9.71. The second-order valence-corrected chi connectivity index (χ2v) is 4.49. The number of fused-ring (bicyclic) bond motifs is 1. The van der Waals surface area contributed by atoms with Gasteiger partial charge in [-0.25, -0.2) is 4.98 Å². The number of hydrogen-bond donors (Lipinski definition) is 1. The van der Waals surface area contributed by atoms with Crippen molar-refractivity contribution in [3.05, 3.63) is 23.2 Å². The lowest BCUT2D eigenvalue weighted by Crippen LogP contribution is -2.09.